The Morgan fingerprint density at radius 2 is 1.88 bits per heavy atom. The minimum atomic E-state index is -0.978. The molecule has 0 aromatic rings. The lowest BCUT2D eigenvalue weighted by atomic mass is 9.77. The van der Waals surface area contributed by atoms with Gasteiger partial charge in [0.05, 0.1) is 13.2 Å². The minimum Gasteiger partial charge on any atom is -0.465 e. The molecule has 0 bridgehead atoms. The number of hydrogen-bond donors (Lipinski definition) is 0. The van der Waals surface area contributed by atoms with E-state index in [1.54, 1.807) is 18.7 Å². The summed E-state index contributed by atoms with van der Waals surface area (Å²) in [7, 11) is 0. The van der Waals surface area contributed by atoms with E-state index in [1.807, 2.05) is 0 Å². The fourth-order valence-corrected chi connectivity index (χ4v) is 3.60. The van der Waals surface area contributed by atoms with Crippen molar-refractivity contribution < 1.29 is 23.9 Å². The fraction of sp³-hybridized carbons (Fsp3) is 0.722. The maximum atomic E-state index is 12.4. The highest BCUT2D eigenvalue weighted by Gasteiger charge is 2.45. The van der Waals surface area contributed by atoms with Gasteiger partial charge >= 0.3 is 11.9 Å². The Kier molecular flexibility index (Phi) is 6.02. The molecule has 1 unspecified atom stereocenters. The Balaban J connectivity index is 2.07. The number of likely N-dealkylation sites (tertiary alicyclic amines) is 1. The van der Waals surface area contributed by atoms with E-state index in [2.05, 4.69) is 13.0 Å². The first kappa shape index (κ1) is 18.5. The molecule has 0 spiro atoms. The third kappa shape index (κ3) is 3.79. The molecule has 0 aromatic carbocycles. The Morgan fingerprint density at radius 1 is 1.25 bits per heavy atom. The zero-order chi connectivity index (χ0) is 17.7. The number of esters is 2. The number of carbonyl (C=O) groups is 3. The van der Waals surface area contributed by atoms with Crippen LogP contribution in [0, 0.1) is 11.3 Å². The normalized spacial score (nSPS) is 23.1. The van der Waals surface area contributed by atoms with Crippen molar-refractivity contribution in [2.24, 2.45) is 11.3 Å². The number of carbonyl (C=O) groups excluding carboxylic acids is 3. The summed E-state index contributed by atoms with van der Waals surface area (Å²) in [5, 5.41) is 0. The van der Waals surface area contributed by atoms with Crippen molar-refractivity contribution in [3.63, 3.8) is 0 Å². The molecule has 1 aliphatic carbocycles. The van der Waals surface area contributed by atoms with Gasteiger partial charge in [-0.1, -0.05) is 13.0 Å². The van der Waals surface area contributed by atoms with E-state index >= 15 is 0 Å². The molecular weight excluding hydrogens is 310 g/mol. The molecule has 1 amide bonds. The van der Waals surface area contributed by atoms with E-state index in [0.29, 0.717) is 13.0 Å². The summed E-state index contributed by atoms with van der Waals surface area (Å²) in [6.07, 6.45) is 5.90. The molecule has 2 rings (SSSR count). The van der Waals surface area contributed by atoms with Crippen molar-refractivity contribution in [1.29, 1.82) is 0 Å². The molecule has 24 heavy (non-hydrogen) atoms. The number of hydrogen-bond acceptors (Lipinski definition) is 5. The fourth-order valence-electron chi connectivity index (χ4n) is 3.60. The lowest BCUT2D eigenvalue weighted by Gasteiger charge is -2.31. The lowest BCUT2D eigenvalue weighted by Crippen LogP contribution is -2.34. The average molecular weight is 337 g/mol. The van der Waals surface area contributed by atoms with Crippen molar-refractivity contribution >= 4 is 17.8 Å². The first-order valence-electron chi connectivity index (χ1n) is 8.77. The Labute approximate surface area is 143 Å². The van der Waals surface area contributed by atoms with Crippen molar-refractivity contribution in [3.05, 3.63) is 11.8 Å². The highest BCUT2D eigenvalue weighted by molar-refractivity contribution is 5.95. The van der Waals surface area contributed by atoms with Crippen LogP contribution >= 0.6 is 0 Å². The second-order valence-electron chi connectivity index (χ2n) is 6.61. The van der Waals surface area contributed by atoms with E-state index in [9.17, 15) is 14.4 Å². The van der Waals surface area contributed by atoms with Gasteiger partial charge in [-0.25, -0.2) is 0 Å². The molecule has 1 saturated heterocycles. The quantitative estimate of drug-likeness (QED) is 0.527. The maximum Gasteiger partial charge on any atom is 0.320 e. The molecule has 0 aromatic heterocycles. The van der Waals surface area contributed by atoms with Gasteiger partial charge in [-0.3, -0.25) is 14.4 Å². The number of ether oxygens (including phenoxy) is 2. The van der Waals surface area contributed by atoms with Crippen LogP contribution in [0.5, 0.6) is 0 Å². The SMILES string of the molecule is CCOC(=O)C(CCN1C(=O)CC2(C)CCCC=C12)C(=O)OCC. The molecule has 1 aliphatic heterocycles. The van der Waals surface area contributed by atoms with Crippen molar-refractivity contribution in [3.8, 4) is 0 Å². The third-order valence-electron chi connectivity index (χ3n) is 4.81. The third-order valence-corrected chi connectivity index (χ3v) is 4.81. The van der Waals surface area contributed by atoms with Crippen LogP contribution in [0.4, 0.5) is 0 Å². The first-order chi connectivity index (χ1) is 11.4. The molecule has 134 valence electrons. The molecule has 1 heterocycles. The second-order valence-corrected chi connectivity index (χ2v) is 6.61. The zero-order valence-corrected chi connectivity index (χ0v) is 14.8. The Morgan fingerprint density at radius 3 is 2.46 bits per heavy atom. The summed E-state index contributed by atoms with van der Waals surface area (Å²) in [4.78, 5) is 38.2. The van der Waals surface area contributed by atoms with Gasteiger partial charge in [-0.05, 0) is 39.5 Å². The molecule has 6 heteroatoms. The van der Waals surface area contributed by atoms with Crippen molar-refractivity contribution in [2.75, 3.05) is 19.8 Å². The van der Waals surface area contributed by atoms with E-state index in [4.69, 9.17) is 9.47 Å². The molecule has 6 nitrogen and oxygen atoms in total. The zero-order valence-electron chi connectivity index (χ0n) is 14.8. The highest BCUT2D eigenvalue weighted by Crippen LogP contribution is 2.47. The second kappa shape index (κ2) is 7.81. The van der Waals surface area contributed by atoms with Gasteiger partial charge in [0.2, 0.25) is 5.91 Å². The van der Waals surface area contributed by atoms with E-state index in [1.165, 1.54) is 0 Å². The standard InChI is InChI=1S/C18H27NO5/c1-4-23-16(21)13(17(22)24-5-2)9-11-19-14-8-6-7-10-18(14,3)12-15(19)20/h8,13H,4-7,9-12H2,1-3H3. The topological polar surface area (TPSA) is 72.9 Å². The molecular formula is C18H27NO5. The predicted octanol–water partition coefficient (Wildman–Crippen LogP) is 2.43. The molecule has 0 radical (unpaired) electrons. The smallest absolute Gasteiger partial charge is 0.320 e. The van der Waals surface area contributed by atoms with Crippen molar-refractivity contribution in [1.82, 2.24) is 4.90 Å². The largest absolute Gasteiger partial charge is 0.465 e. The van der Waals surface area contributed by atoms with Gasteiger partial charge in [0.1, 0.15) is 0 Å². The summed E-state index contributed by atoms with van der Waals surface area (Å²) < 4.78 is 9.96. The summed E-state index contributed by atoms with van der Waals surface area (Å²) in [6, 6.07) is 0. The van der Waals surface area contributed by atoms with Crippen LogP contribution in [0.25, 0.3) is 0 Å². The first-order valence-corrected chi connectivity index (χ1v) is 8.77. The number of nitrogens with zero attached hydrogens (tertiary/aromatic N) is 1. The van der Waals surface area contributed by atoms with Gasteiger partial charge < -0.3 is 14.4 Å². The molecule has 1 fully saturated rings. The monoisotopic (exact) mass is 337 g/mol. The van der Waals surface area contributed by atoms with Gasteiger partial charge in [0.15, 0.2) is 5.92 Å². The van der Waals surface area contributed by atoms with Crippen molar-refractivity contribution in [2.45, 2.75) is 52.9 Å². The highest BCUT2D eigenvalue weighted by atomic mass is 16.6. The summed E-state index contributed by atoms with van der Waals surface area (Å²) in [5.41, 5.74) is 0.948. The Hall–Kier alpha value is -1.85. The van der Waals surface area contributed by atoms with Crippen LogP contribution < -0.4 is 0 Å². The molecule has 1 atom stereocenters. The van der Waals surface area contributed by atoms with E-state index in [0.717, 1.165) is 25.0 Å². The minimum absolute atomic E-state index is 0.0668. The average Bonchev–Trinajstić information content (AvgIpc) is 2.78. The van der Waals surface area contributed by atoms with E-state index < -0.39 is 17.9 Å². The van der Waals surface area contributed by atoms with Crippen LogP contribution in [-0.4, -0.2) is 42.5 Å². The van der Waals surface area contributed by atoms with Crippen LogP contribution in [0.1, 0.15) is 52.9 Å². The van der Waals surface area contributed by atoms with Gasteiger partial charge in [-0.15, -0.1) is 0 Å². The lowest BCUT2D eigenvalue weighted by molar-refractivity contribution is -0.162. The number of rotatable bonds is 7. The molecule has 0 N–H and O–H groups in total. The van der Waals surface area contributed by atoms with Gasteiger partial charge in [0.25, 0.3) is 0 Å². The molecule has 0 saturated carbocycles. The number of fused-ring (bicyclic) bond motifs is 1. The van der Waals surface area contributed by atoms with Crippen LogP contribution in [-0.2, 0) is 23.9 Å². The number of amides is 1. The Bertz CT molecular complexity index is 524. The van der Waals surface area contributed by atoms with Crippen LogP contribution in [0.2, 0.25) is 0 Å². The number of allylic oxidation sites excluding steroid dienone is 2. The summed E-state index contributed by atoms with van der Waals surface area (Å²) in [6.45, 7) is 6.26. The van der Waals surface area contributed by atoms with Gasteiger partial charge in [-0.2, -0.15) is 0 Å². The maximum absolute atomic E-state index is 12.4. The van der Waals surface area contributed by atoms with Gasteiger partial charge in [0, 0.05) is 24.1 Å². The summed E-state index contributed by atoms with van der Waals surface area (Å²) >= 11 is 0. The summed E-state index contributed by atoms with van der Waals surface area (Å²) in [5.74, 6) is -2.07. The molecule has 2 aliphatic rings. The van der Waals surface area contributed by atoms with E-state index in [-0.39, 0.29) is 31.0 Å². The van der Waals surface area contributed by atoms with Crippen LogP contribution in [0.3, 0.4) is 0 Å². The predicted molar refractivity (Wildman–Crippen MR) is 87.7 cm³/mol. The van der Waals surface area contributed by atoms with Crippen LogP contribution in [0.15, 0.2) is 11.8 Å².